The summed E-state index contributed by atoms with van der Waals surface area (Å²) in [5.74, 6) is -1.36. The van der Waals surface area contributed by atoms with Crippen LogP contribution in [0.2, 0.25) is 0 Å². The van der Waals surface area contributed by atoms with E-state index >= 15 is 0 Å². The number of anilines is 1. The van der Waals surface area contributed by atoms with Gasteiger partial charge in [0.05, 0.1) is 5.60 Å². The highest BCUT2D eigenvalue weighted by atomic mass is 16.3. The lowest BCUT2D eigenvalue weighted by Crippen LogP contribution is -2.44. The molecule has 1 aromatic rings. The molecule has 0 spiro atoms. The van der Waals surface area contributed by atoms with Gasteiger partial charge in [-0.2, -0.15) is 0 Å². The smallest absolute Gasteiger partial charge is 0.313 e. The lowest BCUT2D eigenvalue weighted by atomic mass is 9.98. The Balaban J connectivity index is 1.86. The van der Waals surface area contributed by atoms with Crippen LogP contribution in [0.5, 0.6) is 0 Å². The minimum Gasteiger partial charge on any atom is -0.386 e. The van der Waals surface area contributed by atoms with E-state index < -0.39 is 17.4 Å². The van der Waals surface area contributed by atoms with Crippen molar-refractivity contribution < 1.29 is 14.7 Å². The number of benzene rings is 1. The largest absolute Gasteiger partial charge is 0.386 e. The van der Waals surface area contributed by atoms with E-state index in [9.17, 15) is 14.7 Å². The summed E-state index contributed by atoms with van der Waals surface area (Å²) in [4.78, 5) is 26.2. The molecule has 1 saturated carbocycles. The summed E-state index contributed by atoms with van der Waals surface area (Å²) in [6.07, 6.45) is 2.40. The van der Waals surface area contributed by atoms with E-state index in [1.807, 2.05) is 14.0 Å². The van der Waals surface area contributed by atoms with Gasteiger partial charge in [-0.25, -0.2) is 0 Å². The minimum absolute atomic E-state index is 0.188. The topological polar surface area (TPSA) is 81.7 Å². The standard InChI is InChI=1S/C18H27N3O3/c1-12(21(4)15-8-9-15)11-19-16(22)17(23)20-14-7-5-6-13(10-14)18(2,3)24/h5-7,10,12,15,24H,8-9,11H2,1-4H3,(H,19,22)(H,20,23)/t12-/m1/s1. The third kappa shape index (κ3) is 5.04. The Morgan fingerprint density at radius 3 is 2.58 bits per heavy atom. The minimum atomic E-state index is -1.01. The van der Waals surface area contributed by atoms with Crippen LogP contribution >= 0.6 is 0 Å². The molecule has 0 unspecified atom stereocenters. The van der Waals surface area contributed by atoms with Gasteiger partial charge in [-0.15, -0.1) is 0 Å². The third-order valence-electron chi connectivity index (χ3n) is 4.41. The molecule has 1 aliphatic rings. The Kier molecular flexibility index (Phi) is 5.62. The van der Waals surface area contributed by atoms with Crippen LogP contribution in [0.3, 0.4) is 0 Å². The van der Waals surface area contributed by atoms with Crippen LogP contribution < -0.4 is 10.6 Å². The Hall–Kier alpha value is -1.92. The molecule has 0 radical (unpaired) electrons. The van der Waals surface area contributed by atoms with Crippen LogP contribution in [0, 0.1) is 0 Å². The van der Waals surface area contributed by atoms with Gasteiger partial charge in [-0.1, -0.05) is 12.1 Å². The molecule has 24 heavy (non-hydrogen) atoms. The molecule has 1 atom stereocenters. The molecule has 2 amide bonds. The first-order chi connectivity index (χ1) is 11.2. The Morgan fingerprint density at radius 1 is 1.33 bits per heavy atom. The number of amides is 2. The lowest BCUT2D eigenvalue weighted by Gasteiger charge is -2.24. The summed E-state index contributed by atoms with van der Waals surface area (Å²) in [6, 6.07) is 7.64. The van der Waals surface area contributed by atoms with Crippen molar-refractivity contribution in [2.24, 2.45) is 0 Å². The molecule has 0 aliphatic heterocycles. The van der Waals surface area contributed by atoms with E-state index in [-0.39, 0.29) is 6.04 Å². The summed E-state index contributed by atoms with van der Waals surface area (Å²) in [5.41, 5.74) is 0.143. The molecule has 0 saturated heterocycles. The Bertz CT molecular complexity index is 606. The molecule has 6 nitrogen and oxygen atoms in total. The van der Waals surface area contributed by atoms with Crippen molar-refractivity contribution >= 4 is 17.5 Å². The third-order valence-corrected chi connectivity index (χ3v) is 4.41. The van der Waals surface area contributed by atoms with Gasteiger partial charge in [0.25, 0.3) is 0 Å². The summed E-state index contributed by atoms with van der Waals surface area (Å²) >= 11 is 0. The van der Waals surface area contributed by atoms with E-state index in [4.69, 9.17) is 0 Å². The van der Waals surface area contributed by atoms with Gasteiger partial charge >= 0.3 is 11.8 Å². The molecule has 1 fully saturated rings. The number of nitrogens with zero attached hydrogens (tertiary/aromatic N) is 1. The Labute approximate surface area is 143 Å². The molecule has 1 aliphatic carbocycles. The van der Waals surface area contributed by atoms with Crippen molar-refractivity contribution in [3.05, 3.63) is 29.8 Å². The summed E-state index contributed by atoms with van der Waals surface area (Å²) in [6.45, 7) is 5.79. The lowest BCUT2D eigenvalue weighted by molar-refractivity contribution is -0.136. The van der Waals surface area contributed by atoms with Crippen LogP contribution in [0.4, 0.5) is 5.69 Å². The molecule has 6 heteroatoms. The van der Waals surface area contributed by atoms with Gasteiger partial charge < -0.3 is 15.7 Å². The first kappa shape index (κ1) is 18.4. The maximum atomic E-state index is 12.0. The summed E-state index contributed by atoms with van der Waals surface area (Å²) < 4.78 is 0. The fourth-order valence-corrected chi connectivity index (χ4v) is 2.47. The fourth-order valence-electron chi connectivity index (χ4n) is 2.47. The van der Waals surface area contributed by atoms with Crippen molar-refractivity contribution in [1.29, 1.82) is 0 Å². The van der Waals surface area contributed by atoms with Crippen LogP contribution in [0.25, 0.3) is 0 Å². The van der Waals surface area contributed by atoms with E-state index in [0.29, 0.717) is 23.8 Å². The zero-order chi connectivity index (χ0) is 17.9. The van der Waals surface area contributed by atoms with Crippen molar-refractivity contribution in [3.8, 4) is 0 Å². The van der Waals surface area contributed by atoms with Gasteiger partial charge in [-0.3, -0.25) is 14.5 Å². The summed E-state index contributed by atoms with van der Waals surface area (Å²) in [7, 11) is 2.04. The van der Waals surface area contributed by atoms with Crippen molar-refractivity contribution in [2.75, 3.05) is 18.9 Å². The average molecular weight is 333 g/mol. The van der Waals surface area contributed by atoms with E-state index in [1.54, 1.807) is 38.1 Å². The zero-order valence-electron chi connectivity index (χ0n) is 14.8. The quantitative estimate of drug-likeness (QED) is 0.688. The number of hydrogen-bond acceptors (Lipinski definition) is 4. The SMILES string of the molecule is C[C@H](CNC(=O)C(=O)Nc1cccc(C(C)(C)O)c1)N(C)C1CC1. The first-order valence-corrected chi connectivity index (χ1v) is 8.32. The van der Waals surface area contributed by atoms with E-state index in [2.05, 4.69) is 15.5 Å². The molecular formula is C18H27N3O3. The highest BCUT2D eigenvalue weighted by molar-refractivity contribution is 6.39. The molecule has 0 bridgehead atoms. The van der Waals surface area contributed by atoms with Crippen molar-refractivity contribution in [3.63, 3.8) is 0 Å². The van der Waals surface area contributed by atoms with Gasteiger partial charge in [-0.05, 0) is 58.4 Å². The Morgan fingerprint density at radius 2 is 2.00 bits per heavy atom. The number of carbonyl (C=O) groups excluding carboxylic acids is 2. The molecule has 132 valence electrons. The predicted octanol–water partition coefficient (Wildman–Crippen LogP) is 1.45. The number of likely N-dealkylation sites (N-methyl/N-ethyl adjacent to an activating group) is 1. The predicted molar refractivity (Wildman–Crippen MR) is 93.6 cm³/mol. The number of aliphatic hydroxyl groups is 1. The molecular weight excluding hydrogens is 306 g/mol. The molecule has 1 aromatic carbocycles. The zero-order valence-corrected chi connectivity index (χ0v) is 14.8. The molecule has 0 heterocycles. The van der Waals surface area contributed by atoms with Crippen LogP contribution in [0.1, 0.15) is 39.2 Å². The average Bonchev–Trinajstić information content (AvgIpc) is 3.35. The monoisotopic (exact) mass is 333 g/mol. The molecule has 0 aromatic heterocycles. The fraction of sp³-hybridized carbons (Fsp3) is 0.556. The van der Waals surface area contributed by atoms with Crippen LogP contribution in [0.15, 0.2) is 24.3 Å². The normalized spacial score (nSPS) is 15.9. The molecule has 2 rings (SSSR count). The van der Waals surface area contributed by atoms with E-state index in [1.165, 1.54) is 12.8 Å². The second-order valence-electron chi connectivity index (χ2n) is 7.05. The second kappa shape index (κ2) is 7.32. The van der Waals surface area contributed by atoms with Gasteiger partial charge in [0.2, 0.25) is 0 Å². The number of nitrogens with one attached hydrogen (secondary N) is 2. The highest BCUT2D eigenvalue weighted by Gasteiger charge is 2.29. The van der Waals surface area contributed by atoms with E-state index in [0.717, 1.165) is 0 Å². The second-order valence-corrected chi connectivity index (χ2v) is 7.05. The number of rotatable bonds is 6. The first-order valence-electron chi connectivity index (χ1n) is 8.32. The van der Waals surface area contributed by atoms with Crippen molar-refractivity contribution in [1.82, 2.24) is 10.2 Å². The maximum Gasteiger partial charge on any atom is 0.313 e. The number of carbonyl (C=O) groups is 2. The van der Waals surface area contributed by atoms with Crippen molar-refractivity contribution in [2.45, 2.75) is 51.3 Å². The summed E-state index contributed by atoms with van der Waals surface area (Å²) in [5, 5.41) is 15.2. The van der Waals surface area contributed by atoms with Gasteiger partial charge in [0, 0.05) is 24.3 Å². The molecule has 3 N–H and O–H groups in total. The van der Waals surface area contributed by atoms with Crippen LogP contribution in [-0.2, 0) is 15.2 Å². The van der Waals surface area contributed by atoms with Gasteiger partial charge in [0.15, 0.2) is 0 Å². The highest BCUT2D eigenvalue weighted by Crippen LogP contribution is 2.26. The maximum absolute atomic E-state index is 12.0. The van der Waals surface area contributed by atoms with Crippen LogP contribution in [-0.4, -0.2) is 47.5 Å². The number of hydrogen-bond donors (Lipinski definition) is 3. The van der Waals surface area contributed by atoms with Gasteiger partial charge in [0.1, 0.15) is 0 Å².